The van der Waals surface area contributed by atoms with Crippen LogP contribution in [-0.4, -0.2) is 52.5 Å². The Bertz CT molecular complexity index is 904. The summed E-state index contributed by atoms with van der Waals surface area (Å²) in [5.41, 5.74) is 2.68. The summed E-state index contributed by atoms with van der Waals surface area (Å²) in [4.78, 5) is 18.7. The quantitative estimate of drug-likeness (QED) is 0.703. The van der Waals surface area contributed by atoms with Gasteiger partial charge in [0.1, 0.15) is 11.6 Å². The Labute approximate surface area is 179 Å². The first-order valence-electron chi connectivity index (χ1n) is 9.66. The highest BCUT2D eigenvalue weighted by molar-refractivity contribution is 7.96. The van der Waals surface area contributed by atoms with Crippen molar-refractivity contribution in [3.63, 3.8) is 0 Å². The van der Waals surface area contributed by atoms with Crippen LogP contribution in [0.5, 0.6) is 0 Å². The standard InChI is InChI=1S/C21H24ClFN4OS/c1-26(21(28)15-11-27(12-15)29-2)10-13-3-6-19(24-9-13)25-16-7-14-4-5-18(22)20(23)17(14)8-16/h3-6,9,15-16H,7-8,10-12H2,1-2H3,(H,24,25). The van der Waals surface area contributed by atoms with E-state index in [9.17, 15) is 9.18 Å². The molecule has 1 saturated heterocycles. The third kappa shape index (κ3) is 4.37. The molecule has 0 bridgehead atoms. The molecule has 1 aliphatic heterocycles. The van der Waals surface area contributed by atoms with E-state index in [1.807, 2.05) is 31.5 Å². The molecule has 1 N–H and O–H groups in total. The lowest BCUT2D eigenvalue weighted by atomic mass is 10.0. The van der Waals surface area contributed by atoms with E-state index in [0.717, 1.165) is 36.5 Å². The van der Waals surface area contributed by atoms with E-state index in [1.165, 1.54) is 0 Å². The minimum atomic E-state index is -0.309. The van der Waals surface area contributed by atoms with Crippen LogP contribution < -0.4 is 5.32 Å². The minimum Gasteiger partial charge on any atom is -0.367 e. The number of carbonyl (C=O) groups is 1. The molecule has 5 nitrogen and oxygen atoms in total. The van der Waals surface area contributed by atoms with Crippen LogP contribution in [0.4, 0.5) is 10.2 Å². The Kier molecular flexibility index (Phi) is 5.99. The lowest BCUT2D eigenvalue weighted by Crippen LogP contribution is -2.50. The number of hydrogen-bond donors (Lipinski definition) is 1. The second-order valence-corrected chi connectivity index (χ2v) is 9.01. The largest absolute Gasteiger partial charge is 0.367 e. The van der Waals surface area contributed by atoms with Gasteiger partial charge in [0.15, 0.2) is 0 Å². The van der Waals surface area contributed by atoms with Gasteiger partial charge in [-0.15, -0.1) is 0 Å². The Morgan fingerprint density at radius 2 is 2.14 bits per heavy atom. The SMILES string of the molecule is CSN1CC(C(=O)N(C)Cc2ccc(NC3Cc4ccc(Cl)c(F)c4C3)nc2)C1. The van der Waals surface area contributed by atoms with Crippen molar-refractivity contribution in [2.24, 2.45) is 5.92 Å². The first-order valence-corrected chi connectivity index (χ1v) is 11.2. The van der Waals surface area contributed by atoms with Gasteiger partial charge in [0.2, 0.25) is 5.91 Å². The van der Waals surface area contributed by atoms with Gasteiger partial charge in [-0.3, -0.25) is 4.79 Å². The topological polar surface area (TPSA) is 48.5 Å². The summed E-state index contributed by atoms with van der Waals surface area (Å²) >= 11 is 7.57. The molecule has 1 aromatic heterocycles. The van der Waals surface area contributed by atoms with Crippen LogP contribution in [0.3, 0.4) is 0 Å². The highest BCUT2D eigenvalue weighted by atomic mass is 35.5. The number of nitrogens with one attached hydrogen (secondary N) is 1. The van der Waals surface area contributed by atoms with Crippen LogP contribution in [0.15, 0.2) is 30.5 Å². The molecule has 29 heavy (non-hydrogen) atoms. The number of aromatic nitrogens is 1. The second-order valence-electron chi connectivity index (χ2n) is 7.72. The van der Waals surface area contributed by atoms with Crippen LogP contribution in [0.1, 0.15) is 16.7 Å². The van der Waals surface area contributed by atoms with Gasteiger partial charge in [-0.1, -0.05) is 35.7 Å². The molecule has 8 heteroatoms. The number of amides is 1. The lowest BCUT2D eigenvalue weighted by molar-refractivity contribution is -0.138. The molecule has 2 heterocycles. The number of anilines is 1. The molecule has 1 atom stereocenters. The zero-order valence-electron chi connectivity index (χ0n) is 16.5. The van der Waals surface area contributed by atoms with Crippen molar-refractivity contribution in [2.45, 2.75) is 25.4 Å². The number of rotatable bonds is 6. The summed E-state index contributed by atoms with van der Waals surface area (Å²) in [7, 11) is 1.84. The molecule has 4 rings (SSSR count). The van der Waals surface area contributed by atoms with Crippen molar-refractivity contribution in [3.8, 4) is 0 Å². The Morgan fingerprint density at radius 3 is 2.83 bits per heavy atom. The van der Waals surface area contributed by atoms with Gasteiger partial charge in [0.25, 0.3) is 0 Å². The Hall–Kier alpha value is -1.83. The fraction of sp³-hybridized carbons (Fsp3) is 0.429. The van der Waals surface area contributed by atoms with Gasteiger partial charge < -0.3 is 10.2 Å². The zero-order valence-corrected chi connectivity index (χ0v) is 18.1. The summed E-state index contributed by atoms with van der Waals surface area (Å²) < 4.78 is 16.4. The van der Waals surface area contributed by atoms with Crippen LogP contribution in [0, 0.1) is 11.7 Å². The van der Waals surface area contributed by atoms with E-state index < -0.39 is 0 Å². The third-order valence-electron chi connectivity index (χ3n) is 5.64. The van der Waals surface area contributed by atoms with Crippen LogP contribution in [-0.2, 0) is 24.2 Å². The molecule has 154 valence electrons. The van der Waals surface area contributed by atoms with E-state index in [-0.39, 0.29) is 28.7 Å². The molecule has 1 amide bonds. The van der Waals surface area contributed by atoms with E-state index in [2.05, 4.69) is 14.6 Å². The maximum Gasteiger partial charge on any atom is 0.228 e. The highest BCUT2D eigenvalue weighted by Crippen LogP contribution is 2.30. The number of pyridine rings is 1. The average molecular weight is 435 g/mol. The molecule has 1 aromatic carbocycles. The molecule has 0 spiro atoms. The smallest absolute Gasteiger partial charge is 0.228 e. The molecular formula is C21H24ClFN4OS. The summed E-state index contributed by atoms with van der Waals surface area (Å²) in [5.74, 6) is 0.722. The van der Waals surface area contributed by atoms with E-state index in [1.54, 1.807) is 29.1 Å². The highest BCUT2D eigenvalue weighted by Gasteiger charge is 2.34. The monoisotopic (exact) mass is 434 g/mol. The van der Waals surface area contributed by atoms with Crippen LogP contribution in [0.2, 0.25) is 5.02 Å². The maximum absolute atomic E-state index is 14.2. The van der Waals surface area contributed by atoms with Crippen molar-refractivity contribution < 1.29 is 9.18 Å². The summed E-state index contributed by atoms with van der Waals surface area (Å²) in [5, 5.41) is 3.55. The molecule has 0 radical (unpaired) electrons. The van der Waals surface area contributed by atoms with Crippen LogP contribution in [0.25, 0.3) is 0 Å². The summed E-state index contributed by atoms with van der Waals surface area (Å²) in [6.45, 7) is 2.18. The summed E-state index contributed by atoms with van der Waals surface area (Å²) in [6, 6.07) is 7.50. The molecule has 1 unspecified atom stereocenters. The third-order valence-corrected chi connectivity index (χ3v) is 6.74. The number of halogens is 2. The second kappa shape index (κ2) is 8.50. The van der Waals surface area contributed by atoms with Crippen molar-refractivity contribution in [2.75, 3.05) is 31.7 Å². The van der Waals surface area contributed by atoms with Gasteiger partial charge in [0.05, 0.1) is 10.9 Å². The molecular weight excluding hydrogens is 411 g/mol. The zero-order chi connectivity index (χ0) is 20.5. The number of nitrogens with zero attached hydrogens (tertiary/aromatic N) is 3. The molecule has 2 aliphatic rings. The van der Waals surface area contributed by atoms with E-state index in [4.69, 9.17) is 11.6 Å². The maximum atomic E-state index is 14.2. The Morgan fingerprint density at radius 1 is 1.34 bits per heavy atom. The van der Waals surface area contributed by atoms with Crippen molar-refractivity contribution in [1.82, 2.24) is 14.2 Å². The molecule has 1 fully saturated rings. The van der Waals surface area contributed by atoms with Crippen molar-refractivity contribution >= 4 is 35.3 Å². The first-order chi connectivity index (χ1) is 13.9. The van der Waals surface area contributed by atoms with Crippen LogP contribution >= 0.6 is 23.5 Å². The minimum absolute atomic E-state index is 0.0959. The molecule has 0 saturated carbocycles. The molecule has 2 aromatic rings. The predicted molar refractivity (Wildman–Crippen MR) is 116 cm³/mol. The van der Waals surface area contributed by atoms with Crippen molar-refractivity contribution in [1.29, 1.82) is 0 Å². The average Bonchev–Trinajstić information content (AvgIpc) is 3.09. The van der Waals surface area contributed by atoms with E-state index in [0.29, 0.717) is 18.5 Å². The van der Waals surface area contributed by atoms with Gasteiger partial charge >= 0.3 is 0 Å². The lowest BCUT2D eigenvalue weighted by Gasteiger charge is -2.38. The van der Waals surface area contributed by atoms with Gasteiger partial charge in [0, 0.05) is 38.9 Å². The summed E-state index contributed by atoms with van der Waals surface area (Å²) in [6.07, 6.45) is 5.16. The van der Waals surface area contributed by atoms with Gasteiger partial charge in [-0.2, -0.15) is 0 Å². The first kappa shape index (κ1) is 20.4. The fourth-order valence-electron chi connectivity index (χ4n) is 3.95. The normalized spacial score (nSPS) is 19.0. The fourth-order valence-corrected chi connectivity index (χ4v) is 4.79. The van der Waals surface area contributed by atoms with Gasteiger partial charge in [-0.05, 0) is 47.9 Å². The number of fused-ring (bicyclic) bond motifs is 1. The Balaban J connectivity index is 1.31. The predicted octanol–water partition coefficient (Wildman–Crippen LogP) is 3.62. The molecule has 1 aliphatic carbocycles. The number of benzene rings is 1. The number of hydrogen-bond acceptors (Lipinski definition) is 5. The van der Waals surface area contributed by atoms with Crippen molar-refractivity contribution in [3.05, 3.63) is 58.0 Å². The number of carbonyl (C=O) groups excluding carboxylic acids is 1. The van der Waals surface area contributed by atoms with Gasteiger partial charge in [-0.25, -0.2) is 13.7 Å². The van der Waals surface area contributed by atoms with E-state index >= 15 is 0 Å².